The number of aliphatic hydroxyl groups is 1. The highest BCUT2D eigenvalue weighted by atomic mass is 16.4. The fourth-order valence-electron chi connectivity index (χ4n) is 2.09. The molecule has 4 nitrogen and oxygen atoms in total. The molecule has 0 aromatic heterocycles. The molecule has 2 aromatic rings. The first kappa shape index (κ1) is 13.5. The van der Waals surface area contributed by atoms with Crippen molar-refractivity contribution in [2.75, 3.05) is 0 Å². The standard InChI is InChI=1S/C15H17NO3/c16-13(7-8-14(17)18)15(19)12-6-5-10-3-1-2-4-11(10)9-12/h1-6,9,13,15,19H,7-8,16H2,(H,17,18). The summed E-state index contributed by atoms with van der Waals surface area (Å²) in [5.74, 6) is -0.902. The third-order valence-electron chi connectivity index (χ3n) is 3.21. The fraction of sp³-hybridized carbons (Fsp3) is 0.267. The fourth-order valence-corrected chi connectivity index (χ4v) is 2.09. The van der Waals surface area contributed by atoms with E-state index >= 15 is 0 Å². The first-order chi connectivity index (χ1) is 9.08. The SMILES string of the molecule is NC(CCC(=O)O)C(O)c1ccc2ccccc2c1. The van der Waals surface area contributed by atoms with Crippen LogP contribution in [0.3, 0.4) is 0 Å². The zero-order chi connectivity index (χ0) is 13.8. The van der Waals surface area contributed by atoms with Gasteiger partial charge in [-0.3, -0.25) is 4.79 Å². The average molecular weight is 259 g/mol. The topological polar surface area (TPSA) is 83.6 Å². The van der Waals surface area contributed by atoms with Crippen LogP contribution in [0.15, 0.2) is 42.5 Å². The maximum absolute atomic E-state index is 10.5. The van der Waals surface area contributed by atoms with E-state index in [1.54, 1.807) is 0 Å². The summed E-state index contributed by atoms with van der Waals surface area (Å²) in [5.41, 5.74) is 6.55. The van der Waals surface area contributed by atoms with Crippen molar-refractivity contribution in [2.24, 2.45) is 5.73 Å². The predicted octanol–water partition coefficient (Wildman–Crippen LogP) is 2.07. The van der Waals surface area contributed by atoms with E-state index in [4.69, 9.17) is 10.8 Å². The molecule has 0 aliphatic rings. The molecule has 2 atom stereocenters. The Morgan fingerprint density at radius 3 is 2.53 bits per heavy atom. The summed E-state index contributed by atoms with van der Waals surface area (Å²) in [6, 6.07) is 12.9. The first-order valence-corrected chi connectivity index (χ1v) is 6.22. The second kappa shape index (κ2) is 5.82. The molecule has 0 heterocycles. The predicted molar refractivity (Wildman–Crippen MR) is 73.8 cm³/mol. The molecule has 2 unspecified atom stereocenters. The Labute approximate surface area is 111 Å². The zero-order valence-electron chi connectivity index (χ0n) is 10.5. The van der Waals surface area contributed by atoms with E-state index in [-0.39, 0.29) is 12.8 Å². The number of hydrogen-bond donors (Lipinski definition) is 3. The average Bonchev–Trinajstić information content (AvgIpc) is 2.43. The summed E-state index contributed by atoms with van der Waals surface area (Å²) >= 11 is 0. The van der Waals surface area contributed by atoms with Gasteiger partial charge in [-0.1, -0.05) is 36.4 Å². The second-order valence-corrected chi connectivity index (χ2v) is 4.65. The monoisotopic (exact) mass is 259 g/mol. The maximum Gasteiger partial charge on any atom is 0.303 e. The van der Waals surface area contributed by atoms with Gasteiger partial charge in [0.15, 0.2) is 0 Å². The number of carboxylic acid groups (broad SMARTS) is 1. The summed E-state index contributed by atoms with van der Waals surface area (Å²) in [6.45, 7) is 0. The van der Waals surface area contributed by atoms with Crippen LogP contribution in [0.1, 0.15) is 24.5 Å². The van der Waals surface area contributed by atoms with Crippen LogP contribution in [0.5, 0.6) is 0 Å². The molecular weight excluding hydrogens is 242 g/mol. The van der Waals surface area contributed by atoms with Gasteiger partial charge in [0.1, 0.15) is 0 Å². The molecule has 0 fully saturated rings. The number of carboxylic acids is 1. The summed E-state index contributed by atoms with van der Waals surface area (Å²) in [4.78, 5) is 10.5. The number of hydrogen-bond acceptors (Lipinski definition) is 3. The number of fused-ring (bicyclic) bond motifs is 1. The molecule has 0 bridgehead atoms. The van der Waals surface area contributed by atoms with Crippen LogP contribution in [0.25, 0.3) is 10.8 Å². The van der Waals surface area contributed by atoms with Crippen LogP contribution in [0.4, 0.5) is 0 Å². The Hall–Kier alpha value is -1.91. The molecule has 0 amide bonds. The zero-order valence-corrected chi connectivity index (χ0v) is 10.5. The van der Waals surface area contributed by atoms with E-state index in [1.807, 2.05) is 42.5 Å². The second-order valence-electron chi connectivity index (χ2n) is 4.65. The van der Waals surface area contributed by atoms with Gasteiger partial charge in [0.05, 0.1) is 6.10 Å². The normalized spacial score (nSPS) is 14.2. The van der Waals surface area contributed by atoms with Crippen molar-refractivity contribution in [1.29, 1.82) is 0 Å². The number of nitrogens with two attached hydrogens (primary N) is 1. The molecule has 0 saturated heterocycles. The van der Waals surface area contributed by atoms with Crippen LogP contribution >= 0.6 is 0 Å². The minimum Gasteiger partial charge on any atom is -0.481 e. The lowest BCUT2D eigenvalue weighted by Gasteiger charge is -2.18. The van der Waals surface area contributed by atoms with Crippen molar-refractivity contribution in [2.45, 2.75) is 25.0 Å². The van der Waals surface area contributed by atoms with Crippen LogP contribution < -0.4 is 5.73 Å². The first-order valence-electron chi connectivity index (χ1n) is 6.22. The Kier molecular flexibility index (Phi) is 4.14. The van der Waals surface area contributed by atoms with Crippen molar-refractivity contribution >= 4 is 16.7 Å². The number of aliphatic hydroxyl groups excluding tert-OH is 1. The largest absolute Gasteiger partial charge is 0.481 e. The third-order valence-corrected chi connectivity index (χ3v) is 3.21. The Bertz CT molecular complexity index is 582. The highest BCUT2D eigenvalue weighted by molar-refractivity contribution is 5.83. The molecule has 4 heteroatoms. The third kappa shape index (κ3) is 3.30. The molecule has 0 aliphatic heterocycles. The summed E-state index contributed by atoms with van der Waals surface area (Å²) in [7, 11) is 0. The summed E-state index contributed by atoms with van der Waals surface area (Å²) < 4.78 is 0. The minimum absolute atomic E-state index is 0.0359. The van der Waals surface area contributed by atoms with E-state index < -0.39 is 18.1 Å². The molecule has 0 aliphatic carbocycles. The lowest BCUT2D eigenvalue weighted by molar-refractivity contribution is -0.137. The molecule has 0 spiro atoms. The Morgan fingerprint density at radius 1 is 1.16 bits per heavy atom. The summed E-state index contributed by atoms with van der Waals surface area (Å²) in [6.07, 6.45) is -0.626. The van der Waals surface area contributed by atoms with Gasteiger partial charge < -0.3 is 15.9 Å². The van der Waals surface area contributed by atoms with Crippen molar-refractivity contribution in [3.8, 4) is 0 Å². The van der Waals surface area contributed by atoms with Gasteiger partial charge in [-0.15, -0.1) is 0 Å². The maximum atomic E-state index is 10.5. The van der Waals surface area contributed by atoms with Crippen LogP contribution in [0, 0.1) is 0 Å². The molecule has 2 rings (SSSR count). The van der Waals surface area contributed by atoms with E-state index in [0.717, 1.165) is 16.3 Å². The lowest BCUT2D eigenvalue weighted by Crippen LogP contribution is -2.29. The van der Waals surface area contributed by atoms with Crippen LogP contribution in [-0.4, -0.2) is 22.2 Å². The van der Waals surface area contributed by atoms with Crippen LogP contribution in [-0.2, 0) is 4.79 Å². The lowest BCUT2D eigenvalue weighted by atomic mass is 9.97. The van der Waals surface area contributed by atoms with Crippen LogP contribution in [0.2, 0.25) is 0 Å². The quantitative estimate of drug-likeness (QED) is 0.767. The smallest absolute Gasteiger partial charge is 0.303 e. The van der Waals surface area contributed by atoms with E-state index in [2.05, 4.69) is 0 Å². The van der Waals surface area contributed by atoms with Gasteiger partial charge in [0.25, 0.3) is 0 Å². The molecule has 0 radical (unpaired) electrons. The van der Waals surface area contributed by atoms with Gasteiger partial charge in [0.2, 0.25) is 0 Å². The summed E-state index contributed by atoms with van der Waals surface area (Å²) in [5, 5.41) is 20.9. The number of benzene rings is 2. The Balaban J connectivity index is 2.16. The molecular formula is C15H17NO3. The molecule has 4 N–H and O–H groups in total. The molecule has 100 valence electrons. The number of rotatable bonds is 5. The molecule has 2 aromatic carbocycles. The number of aliphatic carboxylic acids is 1. The van der Waals surface area contributed by atoms with Crippen molar-refractivity contribution < 1.29 is 15.0 Å². The van der Waals surface area contributed by atoms with E-state index in [1.165, 1.54) is 0 Å². The molecule has 0 saturated carbocycles. The van der Waals surface area contributed by atoms with E-state index in [0.29, 0.717) is 0 Å². The van der Waals surface area contributed by atoms with Crippen molar-refractivity contribution in [3.63, 3.8) is 0 Å². The number of carbonyl (C=O) groups is 1. The Morgan fingerprint density at radius 2 is 1.84 bits per heavy atom. The minimum atomic E-state index is -0.902. The van der Waals surface area contributed by atoms with Crippen molar-refractivity contribution in [3.05, 3.63) is 48.0 Å². The molecule has 19 heavy (non-hydrogen) atoms. The van der Waals surface area contributed by atoms with Gasteiger partial charge in [-0.25, -0.2) is 0 Å². The van der Waals surface area contributed by atoms with Gasteiger partial charge in [0, 0.05) is 12.5 Å². The van der Waals surface area contributed by atoms with Gasteiger partial charge in [-0.2, -0.15) is 0 Å². The van der Waals surface area contributed by atoms with E-state index in [9.17, 15) is 9.90 Å². The van der Waals surface area contributed by atoms with Gasteiger partial charge >= 0.3 is 5.97 Å². The van der Waals surface area contributed by atoms with Gasteiger partial charge in [-0.05, 0) is 28.8 Å². The highest BCUT2D eigenvalue weighted by Gasteiger charge is 2.18. The highest BCUT2D eigenvalue weighted by Crippen LogP contribution is 2.23. The van der Waals surface area contributed by atoms with Crippen molar-refractivity contribution in [1.82, 2.24) is 0 Å².